The smallest absolute Gasteiger partial charge is 0.261 e. The van der Waals surface area contributed by atoms with E-state index in [0.717, 1.165) is 0 Å². The molecule has 1 atom stereocenters. The number of aromatic nitrogens is 2. The molecule has 0 radical (unpaired) electrons. The summed E-state index contributed by atoms with van der Waals surface area (Å²) in [6, 6.07) is 0. The number of aryl methyl sites for hydroxylation is 1. The average Bonchev–Trinajstić information content (AvgIpc) is 2.72. The van der Waals surface area contributed by atoms with Crippen molar-refractivity contribution < 1.29 is 9.90 Å². The number of rotatable bonds is 5. The van der Waals surface area contributed by atoms with Crippen molar-refractivity contribution in [3.05, 3.63) is 26.6 Å². The molecule has 2 aromatic heterocycles. The SMILES string of the molecule is Cc1c(C(=O)NCC(C)O)sc2nc(CN(C)C)[nH]c(=O)c12. The molecule has 22 heavy (non-hydrogen) atoms. The lowest BCUT2D eigenvalue weighted by Crippen LogP contribution is -2.30. The molecular formula is C14H20N4O3S. The molecular weight excluding hydrogens is 304 g/mol. The maximum absolute atomic E-state index is 12.2. The van der Waals surface area contributed by atoms with Crippen molar-refractivity contribution in [1.82, 2.24) is 20.2 Å². The Balaban J connectivity index is 2.42. The summed E-state index contributed by atoms with van der Waals surface area (Å²) in [6.07, 6.45) is -0.619. The van der Waals surface area contributed by atoms with Gasteiger partial charge >= 0.3 is 0 Å². The largest absolute Gasteiger partial charge is 0.392 e. The molecule has 2 heterocycles. The van der Waals surface area contributed by atoms with Gasteiger partial charge in [0, 0.05) is 6.54 Å². The van der Waals surface area contributed by atoms with Crippen molar-refractivity contribution in [2.24, 2.45) is 0 Å². The third-order valence-corrected chi connectivity index (χ3v) is 4.26. The van der Waals surface area contributed by atoms with Crippen LogP contribution in [0.3, 0.4) is 0 Å². The highest BCUT2D eigenvalue weighted by molar-refractivity contribution is 7.20. The zero-order valence-corrected chi connectivity index (χ0v) is 13.9. The second-order valence-electron chi connectivity index (χ2n) is 5.55. The quantitative estimate of drug-likeness (QED) is 0.742. The van der Waals surface area contributed by atoms with E-state index >= 15 is 0 Å². The molecule has 3 N–H and O–H groups in total. The molecule has 7 nitrogen and oxygen atoms in total. The molecule has 1 amide bonds. The van der Waals surface area contributed by atoms with E-state index < -0.39 is 6.10 Å². The molecule has 8 heteroatoms. The number of nitrogens with one attached hydrogen (secondary N) is 2. The standard InChI is InChI=1S/C14H20N4O3S/c1-7(19)5-15-13(21)11-8(2)10-12(20)16-9(6-18(3)4)17-14(10)22-11/h7,19H,5-6H2,1-4H3,(H,15,21)(H,16,17,20). The molecule has 0 saturated heterocycles. The third kappa shape index (κ3) is 3.52. The second kappa shape index (κ2) is 6.55. The van der Waals surface area contributed by atoms with Crippen LogP contribution in [0.4, 0.5) is 0 Å². The van der Waals surface area contributed by atoms with E-state index in [4.69, 9.17) is 0 Å². The van der Waals surface area contributed by atoms with Crippen molar-refractivity contribution >= 4 is 27.5 Å². The van der Waals surface area contributed by atoms with E-state index in [0.29, 0.717) is 33.0 Å². The van der Waals surface area contributed by atoms with Gasteiger partial charge in [0.25, 0.3) is 11.5 Å². The number of hydrogen-bond acceptors (Lipinski definition) is 6. The van der Waals surface area contributed by atoms with Crippen LogP contribution < -0.4 is 10.9 Å². The summed E-state index contributed by atoms with van der Waals surface area (Å²) >= 11 is 1.20. The van der Waals surface area contributed by atoms with Crippen LogP contribution in [0.1, 0.15) is 28.0 Å². The average molecular weight is 324 g/mol. The van der Waals surface area contributed by atoms with Gasteiger partial charge in [-0.1, -0.05) is 0 Å². The highest BCUT2D eigenvalue weighted by atomic mass is 32.1. The van der Waals surface area contributed by atoms with Crippen LogP contribution in [0.5, 0.6) is 0 Å². The molecule has 0 spiro atoms. The number of aliphatic hydroxyl groups is 1. The number of thiophene rings is 1. The minimum absolute atomic E-state index is 0.169. The van der Waals surface area contributed by atoms with E-state index in [1.54, 1.807) is 13.8 Å². The fourth-order valence-corrected chi connectivity index (χ4v) is 3.22. The fourth-order valence-electron chi connectivity index (χ4n) is 2.10. The predicted octanol–water partition coefficient (Wildman–Crippen LogP) is 0.465. The van der Waals surface area contributed by atoms with Gasteiger partial charge in [-0.2, -0.15) is 0 Å². The molecule has 0 aliphatic rings. The third-order valence-electron chi connectivity index (χ3n) is 3.08. The molecule has 2 aromatic rings. The van der Waals surface area contributed by atoms with Crippen LogP contribution in [-0.4, -0.2) is 52.6 Å². The molecule has 1 unspecified atom stereocenters. The number of fused-ring (bicyclic) bond motifs is 1. The molecule has 2 rings (SSSR count). The topological polar surface area (TPSA) is 98.3 Å². The Kier molecular flexibility index (Phi) is 4.94. The maximum atomic E-state index is 12.2. The number of carbonyl (C=O) groups is 1. The zero-order chi connectivity index (χ0) is 16.4. The highest BCUT2D eigenvalue weighted by Gasteiger charge is 2.19. The van der Waals surface area contributed by atoms with Gasteiger partial charge in [0.15, 0.2) is 0 Å². The van der Waals surface area contributed by atoms with Gasteiger partial charge in [-0.05, 0) is 33.5 Å². The van der Waals surface area contributed by atoms with E-state index in [9.17, 15) is 14.7 Å². The number of aromatic amines is 1. The first-order valence-electron chi connectivity index (χ1n) is 6.93. The van der Waals surface area contributed by atoms with E-state index in [2.05, 4.69) is 15.3 Å². The molecule has 0 fully saturated rings. The van der Waals surface area contributed by atoms with E-state index in [1.165, 1.54) is 11.3 Å². The number of carbonyl (C=O) groups excluding carboxylic acids is 1. The molecule has 0 aliphatic carbocycles. The normalized spacial score (nSPS) is 12.8. The lowest BCUT2D eigenvalue weighted by Gasteiger charge is -2.07. The summed E-state index contributed by atoms with van der Waals surface area (Å²) in [5.74, 6) is 0.273. The molecule has 0 saturated carbocycles. The first-order valence-corrected chi connectivity index (χ1v) is 7.74. The van der Waals surface area contributed by atoms with Crippen LogP contribution in [-0.2, 0) is 6.54 Å². The Morgan fingerprint density at radius 2 is 2.18 bits per heavy atom. The number of aliphatic hydroxyl groups excluding tert-OH is 1. The Morgan fingerprint density at radius 1 is 1.50 bits per heavy atom. The number of H-pyrrole nitrogens is 1. The second-order valence-corrected chi connectivity index (χ2v) is 6.54. The Morgan fingerprint density at radius 3 is 2.77 bits per heavy atom. The van der Waals surface area contributed by atoms with Crippen molar-refractivity contribution in [3.8, 4) is 0 Å². The summed E-state index contributed by atoms with van der Waals surface area (Å²) in [7, 11) is 3.78. The molecule has 0 aromatic carbocycles. The molecule has 120 valence electrons. The Labute approximate surface area is 132 Å². The van der Waals surface area contributed by atoms with Gasteiger partial charge < -0.3 is 20.3 Å². The van der Waals surface area contributed by atoms with Crippen molar-refractivity contribution in [2.45, 2.75) is 26.5 Å². The summed E-state index contributed by atoms with van der Waals surface area (Å²) in [6.45, 7) is 4.02. The number of amides is 1. The van der Waals surface area contributed by atoms with E-state index in [1.807, 2.05) is 19.0 Å². The Hall–Kier alpha value is -1.77. The van der Waals surface area contributed by atoms with Gasteiger partial charge in [-0.3, -0.25) is 9.59 Å². The van der Waals surface area contributed by atoms with Crippen LogP contribution in [0, 0.1) is 6.92 Å². The first-order chi connectivity index (χ1) is 10.3. The predicted molar refractivity (Wildman–Crippen MR) is 86.4 cm³/mol. The summed E-state index contributed by atoms with van der Waals surface area (Å²) in [5.41, 5.74) is 0.387. The van der Waals surface area contributed by atoms with Crippen LogP contribution in [0.25, 0.3) is 10.2 Å². The maximum Gasteiger partial charge on any atom is 0.261 e. The van der Waals surface area contributed by atoms with Crippen molar-refractivity contribution in [3.63, 3.8) is 0 Å². The van der Waals surface area contributed by atoms with Crippen molar-refractivity contribution in [2.75, 3.05) is 20.6 Å². The lowest BCUT2D eigenvalue weighted by atomic mass is 10.2. The zero-order valence-electron chi connectivity index (χ0n) is 13.1. The van der Waals surface area contributed by atoms with Gasteiger partial charge in [-0.25, -0.2) is 4.98 Å². The minimum Gasteiger partial charge on any atom is -0.392 e. The van der Waals surface area contributed by atoms with Crippen molar-refractivity contribution in [1.29, 1.82) is 0 Å². The van der Waals surface area contributed by atoms with Gasteiger partial charge in [0.05, 0.1) is 22.9 Å². The molecule has 0 bridgehead atoms. The Bertz CT molecular complexity index is 748. The van der Waals surface area contributed by atoms with Gasteiger partial charge in [-0.15, -0.1) is 11.3 Å². The van der Waals surface area contributed by atoms with Crippen LogP contribution in [0.15, 0.2) is 4.79 Å². The monoisotopic (exact) mass is 324 g/mol. The number of hydrogen-bond donors (Lipinski definition) is 3. The van der Waals surface area contributed by atoms with Crippen LogP contribution in [0.2, 0.25) is 0 Å². The number of nitrogens with zero attached hydrogens (tertiary/aromatic N) is 2. The summed E-state index contributed by atoms with van der Waals surface area (Å²) in [4.78, 5) is 34.5. The highest BCUT2D eigenvalue weighted by Crippen LogP contribution is 2.26. The van der Waals surface area contributed by atoms with Gasteiger partial charge in [0.1, 0.15) is 10.7 Å². The minimum atomic E-state index is -0.619. The lowest BCUT2D eigenvalue weighted by molar-refractivity contribution is 0.0927. The summed E-state index contributed by atoms with van der Waals surface area (Å²) in [5, 5.41) is 12.3. The first kappa shape index (κ1) is 16.6. The van der Waals surface area contributed by atoms with Gasteiger partial charge in [0.2, 0.25) is 0 Å². The van der Waals surface area contributed by atoms with Crippen LogP contribution >= 0.6 is 11.3 Å². The summed E-state index contributed by atoms with van der Waals surface area (Å²) < 4.78 is 0. The van der Waals surface area contributed by atoms with E-state index in [-0.39, 0.29) is 18.0 Å². The molecule has 0 aliphatic heterocycles. The fraction of sp³-hybridized carbons (Fsp3) is 0.500.